The number of carbonyl (C=O) groups is 1. The fourth-order valence-electron chi connectivity index (χ4n) is 3.90. The monoisotopic (exact) mass is 441 g/mol. The van der Waals surface area contributed by atoms with Crippen LogP contribution in [0.4, 0.5) is 0 Å². The predicted molar refractivity (Wildman–Crippen MR) is 118 cm³/mol. The summed E-state index contributed by atoms with van der Waals surface area (Å²) in [5, 5.41) is 13.5. The third-order valence-corrected chi connectivity index (χ3v) is 6.10. The molecular formula is C23H23NO6S. The van der Waals surface area contributed by atoms with Gasteiger partial charge in [0.2, 0.25) is 0 Å². The third-order valence-electron chi connectivity index (χ3n) is 5.40. The van der Waals surface area contributed by atoms with Gasteiger partial charge in [-0.3, -0.25) is 4.79 Å². The van der Waals surface area contributed by atoms with Gasteiger partial charge >= 0.3 is 5.97 Å². The number of ether oxygens (including phenoxy) is 3. The largest absolute Gasteiger partial charge is 0.493 e. The second-order valence-electron chi connectivity index (χ2n) is 7.28. The molecule has 0 spiro atoms. The van der Waals surface area contributed by atoms with Crippen molar-refractivity contribution < 1.29 is 24.1 Å². The summed E-state index contributed by atoms with van der Waals surface area (Å²) in [6.45, 7) is 1.10. The van der Waals surface area contributed by atoms with Gasteiger partial charge in [-0.2, -0.15) is 11.3 Å². The molecule has 1 atom stereocenters. The molecule has 0 saturated carbocycles. The minimum Gasteiger partial charge on any atom is -0.493 e. The highest BCUT2D eigenvalue weighted by Gasteiger charge is 2.29. The van der Waals surface area contributed by atoms with Crippen LogP contribution in [0.3, 0.4) is 0 Å². The molecule has 0 radical (unpaired) electrons. The molecule has 0 amide bonds. The van der Waals surface area contributed by atoms with Gasteiger partial charge in [-0.25, -0.2) is 4.79 Å². The molecule has 0 saturated heterocycles. The Balaban J connectivity index is 1.84. The molecule has 3 heterocycles. The number of aromatic carboxylic acids is 1. The van der Waals surface area contributed by atoms with Gasteiger partial charge in [0, 0.05) is 38.0 Å². The number of fused-ring (bicyclic) bond motifs is 3. The van der Waals surface area contributed by atoms with Crippen LogP contribution in [0.5, 0.6) is 11.5 Å². The number of benzene rings is 1. The molecule has 31 heavy (non-hydrogen) atoms. The lowest BCUT2D eigenvalue weighted by Gasteiger charge is -2.31. The number of carboxylic acids is 1. The van der Waals surface area contributed by atoms with E-state index in [4.69, 9.17) is 14.2 Å². The highest BCUT2D eigenvalue weighted by Crippen LogP contribution is 2.43. The Morgan fingerprint density at radius 1 is 1.23 bits per heavy atom. The number of carboxylic acid groups (broad SMARTS) is 1. The summed E-state index contributed by atoms with van der Waals surface area (Å²) in [5.74, 6) is -0.0293. The van der Waals surface area contributed by atoms with Crippen molar-refractivity contribution in [3.05, 3.63) is 68.1 Å². The minimum atomic E-state index is -1.23. The maximum absolute atomic E-state index is 12.5. The van der Waals surface area contributed by atoms with Crippen LogP contribution in [0.15, 0.2) is 46.0 Å². The Kier molecular flexibility index (Phi) is 6.11. The molecule has 1 unspecified atom stereocenters. The summed E-state index contributed by atoms with van der Waals surface area (Å²) in [7, 11) is 3.22. The van der Waals surface area contributed by atoms with Gasteiger partial charge in [0.05, 0.1) is 25.5 Å². The zero-order valence-corrected chi connectivity index (χ0v) is 18.1. The molecule has 1 aromatic carbocycles. The Labute approximate surface area is 183 Å². The van der Waals surface area contributed by atoms with Crippen molar-refractivity contribution in [1.82, 2.24) is 4.57 Å². The Bertz CT molecular complexity index is 1150. The van der Waals surface area contributed by atoms with E-state index in [1.165, 1.54) is 12.3 Å². The first-order chi connectivity index (χ1) is 15.0. The topological polar surface area (TPSA) is 87.0 Å². The van der Waals surface area contributed by atoms with Gasteiger partial charge < -0.3 is 23.9 Å². The van der Waals surface area contributed by atoms with Crippen LogP contribution < -0.4 is 14.9 Å². The standard InChI is InChI=1S/C23H23NO6S/c1-28-5-3-6-30-22-9-15-8-18(14-4-7-31-13-14)24-12-17(23(26)27)20(25)11-19(24)16(15)10-21(22)29-2/h4,7,9-13,18H,3,5-6,8H2,1-2H3,(H,26,27). The maximum Gasteiger partial charge on any atom is 0.341 e. The van der Waals surface area contributed by atoms with Gasteiger partial charge in [0.1, 0.15) is 5.56 Å². The molecule has 4 rings (SSSR count). The SMILES string of the molecule is COCCCOc1cc2c(cc1OC)-c1cc(=O)c(C(=O)O)cn1C(c1ccsc1)C2. The van der Waals surface area contributed by atoms with E-state index in [1.807, 2.05) is 33.5 Å². The second-order valence-corrected chi connectivity index (χ2v) is 8.06. The van der Waals surface area contributed by atoms with E-state index in [0.717, 1.165) is 23.1 Å². The summed E-state index contributed by atoms with van der Waals surface area (Å²) >= 11 is 1.58. The quantitative estimate of drug-likeness (QED) is 0.535. The third kappa shape index (κ3) is 4.08. The molecule has 1 aliphatic heterocycles. The van der Waals surface area contributed by atoms with Crippen molar-refractivity contribution in [2.45, 2.75) is 18.9 Å². The van der Waals surface area contributed by atoms with Crippen molar-refractivity contribution in [3.8, 4) is 22.8 Å². The van der Waals surface area contributed by atoms with E-state index in [2.05, 4.69) is 0 Å². The van der Waals surface area contributed by atoms with Crippen molar-refractivity contribution in [2.75, 3.05) is 27.4 Å². The van der Waals surface area contributed by atoms with E-state index in [0.29, 0.717) is 36.8 Å². The molecular weight excluding hydrogens is 418 g/mol. The highest BCUT2D eigenvalue weighted by atomic mass is 32.1. The van der Waals surface area contributed by atoms with E-state index < -0.39 is 11.4 Å². The Morgan fingerprint density at radius 3 is 2.74 bits per heavy atom. The molecule has 1 aliphatic rings. The van der Waals surface area contributed by atoms with Crippen molar-refractivity contribution >= 4 is 17.3 Å². The average molecular weight is 442 g/mol. The number of pyridine rings is 1. The van der Waals surface area contributed by atoms with Crippen LogP contribution in [-0.2, 0) is 11.2 Å². The smallest absolute Gasteiger partial charge is 0.341 e. The minimum absolute atomic E-state index is 0.123. The van der Waals surface area contributed by atoms with Crippen LogP contribution in [0.2, 0.25) is 0 Å². The lowest BCUT2D eigenvalue weighted by Crippen LogP contribution is -2.26. The molecule has 0 bridgehead atoms. The summed E-state index contributed by atoms with van der Waals surface area (Å²) in [5.41, 5.74) is 2.82. The van der Waals surface area contributed by atoms with Gasteiger partial charge in [-0.1, -0.05) is 0 Å². The molecule has 3 aromatic rings. The molecule has 0 fully saturated rings. The number of rotatable bonds is 8. The van der Waals surface area contributed by atoms with E-state index in [-0.39, 0.29) is 11.6 Å². The van der Waals surface area contributed by atoms with Gasteiger partial charge in [-0.05, 0) is 46.5 Å². The zero-order valence-electron chi connectivity index (χ0n) is 17.3. The molecule has 0 aliphatic carbocycles. The van der Waals surface area contributed by atoms with Crippen LogP contribution in [0.25, 0.3) is 11.3 Å². The first kappa shape index (κ1) is 21.1. The second kappa shape index (κ2) is 8.95. The Hall–Kier alpha value is -3.10. The Morgan fingerprint density at radius 2 is 2.06 bits per heavy atom. The first-order valence-corrected chi connectivity index (χ1v) is 10.8. The molecule has 7 nitrogen and oxygen atoms in total. The molecule has 1 N–H and O–H groups in total. The van der Waals surface area contributed by atoms with Gasteiger partial charge in [-0.15, -0.1) is 0 Å². The maximum atomic E-state index is 12.5. The van der Waals surface area contributed by atoms with Crippen LogP contribution in [0, 0.1) is 0 Å². The predicted octanol–water partition coefficient (Wildman–Crippen LogP) is 3.84. The van der Waals surface area contributed by atoms with Gasteiger partial charge in [0.15, 0.2) is 16.9 Å². The number of aromatic nitrogens is 1. The van der Waals surface area contributed by atoms with Crippen molar-refractivity contribution in [3.63, 3.8) is 0 Å². The first-order valence-electron chi connectivity index (χ1n) is 9.88. The zero-order chi connectivity index (χ0) is 22.0. The molecule has 2 aromatic heterocycles. The van der Waals surface area contributed by atoms with E-state index >= 15 is 0 Å². The van der Waals surface area contributed by atoms with Crippen LogP contribution in [-0.4, -0.2) is 43.1 Å². The summed E-state index contributed by atoms with van der Waals surface area (Å²) < 4.78 is 18.4. The van der Waals surface area contributed by atoms with Crippen molar-refractivity contribution in [2.24, 2.45) is 0 Å². The number of nitrogens with zero attached hydrogens (tertiary/aromatic N) is 1. The number of hydrogen-bond acceptors (Lipinski definition) is 6. The van der Waals surface area contributed by atoms with Crippen LogP contribution in [0.1, 0.15) is 33.9 Å². The van der Waals surface area contributed by atoms with Crippen LogP contribution >= 0.6 is 11.3 Å². The molecule has 8 heteroatoms. The van der Waals surface area contributed by atoms with E-state index in [9.17, 15) is 14.7 Å². The lowest BCUT2D eigenvalue weighted by atomic mass is 9.89. The number of thiophene rings is 1. The number of methoxy groups -OCH3 is 2. The lowest BCUT2D eigenvalue weighted by molar-refractivity contribution is 0.0694. The average Bonchev–Trinajstić information content (AvgIpc) is 3.29. The molecule has 162 valence electrons. The fourth-order valence-corrected chi connectivity index (χ4v) is 4.61. The highest BCUT2D eigenvalue weighted by molar-refractivity contribution is 7.08. The van der Waals surface area contributed by atoms with Gasteiger partial charge in [0.25, 0.3) is 0 Å². The summed E-state index contributed by atoms with van der Waals surface area (Å²) in [4.78, 5) is 24.1. The van der Waals surface area contributed by atoms with E-state index in [1.54, 1.807) is 25.6 Å². The fraction of sp³-hybridized carbons (Fsp3) is 0.304. The summed E-state index contributed by atoms with van der Waals surface area (Å²) in [6, 6.07) is 7.12. The van der Waals surface area contributed by atoms with Crippen molar-refractivity contribution in [1.29, 1.82) is 0 Å². The number of hydrogen-bond donors (Lipinski definition) is 1. The normalized spacial score (nSPS) is 14.6. The summed E-state index contributed by atoms with van der Waals surface area (Å²) in [6.07, 6.45) is 2.84.